The summed E-state index contributed by atoms with van der Waals surface area (Å²) < 4.78 is 24.8. The van der Waals surface area contributed by atoms with Crippen LogP contribution in [0.5, 0.6) is 5.75 Å². The maximum atomic E-state index is 13.0. The molecule has 1 amide bonds. The summed E-state index contributed by atoms with van der Waals surface area (Å²) >= 11 is 0. The molecular weight excluding hydrogens is 415 g/mol. The third kappa shape index (κ3) is 6.16. The molecule has 1 aliphatic heterocycles. The standard InChI is InChI=1S/C22H31FN4O3Si/c1-22(2,3)31(4,5)30-18-7-8-19(24-15-18)26-21(28)29-17-10-12-27(13-11-17)20-9-6-16(23)14-25-20/h6-9,14-15,17H,10-13H2,1-5H3,(H,24,26,28). The van der Waals surface area contributed by atoms with Gasteiger partial charge in [-0.15, -0.1) is 0 Å². The fourth-order valence-electron chi connectivity index (χ4n) is 3.01. The molecular formula is C22H31FN4O3Si. The molecule has 168 valence electrons. The maximum Gasteiger partial charge on any atom is 0.413 e. The largest absolute Gasteiger partial charge is 0.542 e. The van der Waals surface area contributed by atoms with Crippen LogP contribution in [0, 0.1) is 5.82 Å². The van der Waals surface area contributed by atoms with Gasteiger partial charge in [0.1, 0.15) is 29.3 Å². The number of piperidine rings is 1. The van der Waals surface area contributed by atoms with Gasteiger partial charge in [-0.25, -0.2) is 19.2 Å². The number of carbonyl (C=O) groups is 1. The van der Waals surface area contributed by atoms with E-state index in [0.717, 1.165) is 5.82 Å². The molecule has 2 aromatic rings. The van der Waals surface area contributed by atoms with Crippen LogP contribution in [-0.4, -0.2) is 43.6 Å². The number of hydrogen-bond acceptors (Lipinski definition) is 6. The Morgan fingerprint density at radius 2 is 1.84 bits per heavy atom. The van der Waals surface area contributed by atoms with E-state index in [2.05, 4.69) is 54.0 Å². The van der Waals surface area contributed by atoms with Crippen molar-refractivity contribution in [2.24, 2.45) is 0 Å². The molecule has 0 radical (unpaired) electrons. The predicted molar refractivity (Wildman–Crippen MR) is 122 cm³/mol. The minimum Gasteiger partial charge on any atom is -0.542 e. The second-order valence-electron chi connectivity index (χ2n) is 9.29. The Hall–Kier alpha value is -2.68. The van der Waals surface area contributed by atoms with E-state index in [4.69, 9.17) is 9.16 Å². The van der Waals surface area contributed by atoms with Crippen LogP contribution in [0.1, 0.15) is 33.6 Å². The minimum atomic E-state index is -1.94. The number of hydrogen-bond donors (Lipinski definition) is 1. The number of ether oxygens (including phenoxy) is 1. The van der Waals surface area contributed by atoms with Crippen LogP contribution < -0.4 is 14.6 Å². The highest BCUT2D eigenvalue weighted by Gasteiger charge is 2.39. The lowest BCUT2D eigenvalue weighted by atomic mass is 10.1. The Balaban J connectivity index is 1.46. The number of rotatable bonds is 5. The van der Waals surface area contributed by atoms with E-state index in [1.165, 1.54) is 12.3 Å². The number of halogens is 1. The molecule has 1 saturated heterocycles. The van der Waals surface area contributed by atoms with Crippen LogP contribution in [0.25, 0.3) is 0 Å². The van der Waals surface area contributed by atoms with E-state index in [1.807, 2.05) is 6.07 Å². The molecule has 7 nitrogen and oxygen atoms in total. The quantitative estimate of drug-likeness (QED) is 0.635. The lowest BCUT2D eigenvalue weighted by Gasteiger charge is -2.36. The van der Waals surface area contributed by atoms with E-state index < -0.39 is 14.4 Å². The van der Waals surface area contributed by atoms with Crippen molar-refractivity contribution in [3.8, 4) is 5.75 Å². The summed E-state index contributed by atoms with van der Waals surface area (Å²) in [5.41, 5.74) is 0. The Morgan fingerprint density at radius 3 is 2.39 bits per heavy atom. The van der Waals surface area contributed by atoms with Gasteiger partial charge in [-0.3, -0.25) is 5.32 Å². The van der Waals surface area contributed by atoms with E-state index in [0.29, 0.717) is 37.5 Å². The Bertz CT molecular complexity index is 877. The molecule has 31 heavy (non-hydrogen) atoms. The predicted octanol–water partition coefficient (Wildman–Crippen LogP) is 5.22. The molecule has 0 saturated carbocycles. The molecule has 1 aliphatic rings. The average molecular weight is 447 g/mol. The molecule has 1 N–H and O–H groups in total. The van der Waals surface area contributed by atoms with Gasteiger partial charge in [0, 0.05) is 25.9 Å². The number of nitrogens with one attached hydrogen (secondary N) is 1. The highest BCUT2D eigenvalue weighted by molar-refractivity contribution is 6.74. The maximum absolute atomic E-state index is 13.0. The SMILES string of the molecule is CC(C)(C)[Si](C)(C)Oc1ccc(NC(=O)OC2CCN(c3ccc(F)cn3)CC2)nc1. The van der Waals surface area contributed by atoms with Crippen LogP contribution in [-0.2, 0) is 4.74 Å². The molecule has 3 rings (SSSR count). The van der Waals surface area contributed by atoms with Crippen molar-refractivity contribution in [1.82, 2.24) is 9.97 Å². The second kappa shape index (κ2) is 9.21. The average Bonchev–Trinajstić information content (AvgIpc) is 2.70. The van der Waals surface area contributed by atoms with Crippen molar-refractivity contribution < 1.29 is 18.3 Å². The van der Waals surface area contributed by atoms with E-state index in [9.17, 15) is 9.18 Å². The number of amides is 1. The molecule has 0 aromatic carbocycles. The summed E-state index contributed by atoms with van der Waals surface area (Å²) in [5, 5.41) is 2.77. The summed E-state index contributed by atoms with van der Waals surface area (Å²) in [6.07, 6.45) is 3.49. The zero-order chi connectivity index (χ0) is 22.6. The molecule has 9 heteroatoms. The van der Waals surface area contributed by atoms with Crippen LogP contribution in [0.4, 0.5) is 20.8 Å². The first-order valence-corrected chi connectivity index (χ1v) is 13.4. The second-order valence-corrected chi connectivity index (χ2v) is 14.0. The highest BCUT2D eigenvalue weighted by atomic mass is 28.4. The first-order chi connectivity index (χ1) is 14.5. The van der Waals surface area contributed by atoms with E-state index >= 15 is 0 Å². The first-order valence-electron chi connectivity index (χ1n) is 10.5. The topological polar surface area (TPSA) is 76.6 Å². The Kier molecular flexibility index (Phi) is 6.83. The normalized spacial score (nSPS) is 15.5. The third-order valence-electron chi connectivity index (χ3n) is 5.90. The lowest BCUT2D eigenvalue weighted by molar-refractivity contribution is 0.0949. The fraction of sp³-hybridized carbons (Fsp3) is 0.500. The monoisotopic (exact) mass is 446 g/mol. The van der Waals surface area contributed by atoms with Gasteiger partial charge in [0.2, 0.25) is 0 Å². The zero-order valence-corrected chi connectivity index (χ0v) is 19.8. The number of carbonyl (C=O) groups excluding carboxylic acids is 1. The van der Waals surface area contributed by atoms with E-state index in [1.54, 1.807) is 18.3 Å². The molecule has 0 bridgehead atoms. The van der Waals surface area contributed by atoms with Gasteiger partial charge in [0.05, 0.1) is 12.4 Å². The smallest absolute Gasteiger partial charge is 0.413 e. The van der Waals surface area contributed by atoms with E-state index in [-0.39, 0.29) is 17.0 Å². The number of pyridine rings is 2. The Labute approximate surface area is 184 Å². The molecule has 0 atom stereocenters. The summed E-state index contributed by atoms with van der Waals surface area (Å²) in [4.78, 5) is 22.7. The number of aromatic nitrogens is 2. The van der Waals surface area contributed by atoms with Gasteiger partial charge in [0.25, 0.3) is 8.32 Å². The van der Waals surface area contributed by atoms with Crippen molar-refractivity contribution in [3.05, 3.63) is 42.5 Å². The highest BCUT2D eigenvalue weighted by Crippen LogP contribution is 2.37. The van der Waals surface area contributed by atoms with Crippen molar-refractivity contribution in [1.29, 1.82) is 0 Å². The molecule has 2 aromatic heterocycles. The van der Waals surface area contributed by atoms with Crippen LogP contribution in [0.2, 0.25) is 18.1 Å². The summed E-state index contributed by atoms with van der Waals surface area (Å²) in [7, 11) is -1.94. The molecule has 1 fully saturated rings. The number of nitrogens with zero attached hydrogens (tertiary/aromatic N) is 3. The molecule has 0 aliphatic carbocycles. The lowest BCUT2D eigenvalue weighted by Crippen LogP contribution is -2.43. The van der Waals surface area contributed by atoms with Crippen molar-refractivity contribution in [3.63, 3.8) is 0 Å². The first kappa shape index (κ1) is 23.0. The number of anilines is 2. The molecule has 0 spiro atoms. The van der Waals surface area contributed by atoms with Crippen molar-refractivity contribution >= 4 is 26.0 Å². The van der Waals surface area contributed by atoms with Crippen molar-refractivity contribution in [2.45, 2.75) is 57.8 Å². The summed E-state index contributed by atoms with van der Waals surface area (Å²) in [6, 6.07) is 6.59. The zero-order valence-electron chi connectivity index (χ0n) is 18.8. The summed E-state index contributed by atoms with van der Waals surface area (Å²) in [6.45, 7) is 12.3. The fourth-order valence-corrected chi connectivity index (χ4v) is 4.02. The van der Waals surface area contributed by atoms with Crippen LogP contribution >= 0.6 is 0 Å². The summed E-state index contributed by atoms with van der Waals surface area (Å²) in [5.74, 6) is 1.49. The van der Waals surface area contributed by atoms with Gasteiger partial charge in [-0.2, -0.15) is 0 Å². The van der Waals surface area contributed by atoms with Gasteiger partial charge >= 0.3 is 6.09 Å². The van der Waals surface area contributed by atoms with Crippen LogP contribution in [0.3, 0.4) is 0 Å². The van der Waals surface area contributed by atoms with Gasteiger partial charge < -0.3 is 14.1 Å². The van der Waals surface area contributed by atoms with Gasteiger partial charge in [-0.1, -0.05) is 20.8 Å². The minimum absolute atomic E-state index is 0.0933. The van der Waals surface area contributed by atoms with Crippen LogP contribution in [0.15, 0.2) is 36.7 Å². The Morgan fingerprint density at radius 1 is 1.13 bits per heavy atom. The van der Waals surface area contributed by atoms with Gasteiger partial charge in [-0.05, 0) is 42.4 Å². The molecule has 3 heterocycles. The van der Waals surface area contributed by atoms with Crippen molar-refractivity contribution in [2.75, 3.05) is 23.3 Å². The molecule has 0 unspecified atom stereocenters. The van der Waals surface area contributed by atoms with Gasteiger partial charge in [0.15, 0.2) is 0 Å². The third-order valence-corrected chi connectivity index (χ3v) is 10.3.